The number of nitrogens with two attached hydrogens (primary N) is 1. The number of halogens is 1. The van der Waals surface area contributed by atoms with Gasteiger partial charge in [-0.3, -0.25) is 9.59 Å². The van der Waals surface area contributed by atoms with Gasteiger partial charge in [0.2, 0.25) is 21.8 Å². The van der Waals surface area contributed by atoms with Gasteiger partial charge < -0.3 is 16.4 Å². The third-order valence-corrected chi connectivity index (χ3v) is 5.77. The van der Waals surface area contributed by atoms with Crippen molar-refractivity contribution in [1.82, 2.24) is 10.0 Å². The zero-order chi connectivity index (χ0) is 19.5. The number of rotatable bonds is 8. The van der Waals surface area contributed by atoms with Crippen LogP contribution in [0.25, 0.3) is 0 Å². The summed E-state index contributed by atoms with van der Waals surface area (Å²) in [4.78, 5) is 23.9. The van der Waals surface area contributed by atoms with Crippen LogP contribution < -0.4 is 21.1 Å². The Hall–Kier alpha value is -1.68. The number of hydrogen-bond acceptors (Lipinski definition) is 5. The van der Waals surface area contributed by atoms with Gasteiger partial charge in [0.1, 0.15) is 0 Å². The number of hydrogen-bond donors (Lipinski definition) is 4. The molecular formula is C17H27ClN4O4S. The predicted octanol–water partition coefficient (Wildman–Crippen LogP) is 0.896. The summed E-state index contributed by atoms with van der Waals surface area (Å²) in [5.74, 6) is -0.908. The van der Waals surface area contributed by atoms with Gasteiger partial charge in [-0.2, -0.15) is 0 Å². The Labute approximate surface area is 166 Å². The Balaban J connectivity index is 0.00000364. The fourth-order valence-electron chi connectivity index (χ4n) is 2.24. The molecule has 2 rings (SSSR count). The molecule has 1 aromatic carbocycles. The molecule has 5 N–H and O–H groups in total. The van der Waals surface area contributed by atoms with E-state index in [1.807, 2.05) is 13.8 Å². The van der Waals surface area contributed by atoms with Crippen LogP contribution in [0, 0.1) is 12.8 Å². The van der Waals surface area contributed by atoms with Crippen molar-refractivity contribution in [3.63, 3.8) is 0 Å². The van der Waals surface area contributed by atoms with E-state index in [0.717, 1.165) is 12.8 Å². The lowest BCUT2D eigenvalue weighted by Crippen LogP contribution is -2.46. The minimum Gasteiger partial charge on any atom is -0.346 e. The summed E-state index contributed by atoms with van der Waals surface area (Å²) in [7, 11) is -3.62. The second kappa shape index (κ2) is 9.50. The minimum atomic E-state index is -3.62. The van der Waals surface area contributed by atoms with Gasteiger partial charge in [0.05, 0.1) is 17.5 Å². The van der Waals surface area contributed by atoms with E-state index in [-0.39, 0.29) is 35.8 Å². The van der Waals surface area contributed by atoms with E-state index < -0.39 is 27.9 Å². The average Bonchev–Trinajstić information content (AvgIpc) is 3.36. The molecule has 0 unspecified atom stereocenters. The fourth-order valence-corrected chi connectivity index (χ4v) is 3.82. The molecule has 0 aromatic heterocycles. The maximum absolute atomic E-state index is 12.4. The van der Waals surface area contributed by atoms with Gasteiger partial charge in [0, 0.05) is 11.7 Å². The lowest BCUT2D eigenvalue weighted by atomic mass is 10.1. The topological polar surface area (TPSA) is 130 Å². The maximum atomic E-state index is 12.4. The first-order valence-electron chi connectivity index (χ1n) is 8.56. The molecule has 0 saturated heterocycles. The summed E-state index contributed by atoms with van der Waals surface area (Å²) in [6.07, 6.45) is 1.68. The van der Waals surface area contributed by atoms with E-state index >= 15 is 0 Å². The number of aryl methyl sites for hydroxylation is 1. The monoisotopic (exact) mass is 418 g/mol. The highest BCUT2D eigenvalue weighted by molar-refractivity contribution is 7.89. The number of carbonyl (C=O) groups excluding carboxylic acids is 2. The summed E-state index contributed by atoms with van der Waals surface area (Å²) in [6.45, 7) is 5.08. The zero-order valence-corrected chi connectivity index (χ0v) is 17.2. The molecule has 1 aliphatic carbocycles. The van der Waals surface area contributed by atoms with Crippen molar-refractivity contribution in [2.75, 3.05) is 11.9 Å². The lowest BCUT2D eigenvalue weighted by molar-refractivity contribution is -0.125. The van der Waals surface area contributed by atoms with Gasteiger partial charge in [-0.15, -0.1) is 12.4 Å². The third-order valence-electron chi connectivity index (χ3n) is 4.10. The number of carbonyl (C=O) groups is 2. The summed E-state index contributed by atoms with van der Waals surface area (Å²) in [5.41, 5.74) is 6.65. The highest BCUT2D eigenvalue weighted by atomic mass is 35.5. The normalized spacial score (nSPS) is 15.0. The Morgan fingerprint density at radius 3 is 2.44 bits per heavy atom. The highest BCUT2D eigenvalue weighted by Gasteiger charge is 2.29. The molecule has 0 bridgehead atoms. The summed E-state index contributed by atoms with van der Waals surface area (Å²) in [5, 5.41) is 5.06. The van der Waals surface area contributed by atoms with Gasteiger partial charge in [-0.25, -0.2) is 13.1 Å². The van der Waals surface area contributed by atoms with E-state index in [0.29, 0.717) is 11.3 Å². The first kappa shape index (κ1) is 23.4. The van der Waals surface area contributed by atoms with Crippen LogP contribution in [0.2, 0.25) is 0 Å². The quantitative estimate of drug-likeness (QED) is 0.498. The molecule has 8 nitrogen and oxygen atoms in total. The molecule has 2 amide bonds. The zero-order valence-electron chi connectivity index (χ0n) is 15.6. The molecule has 0 radical (unpaired) electrons. The molecule has 1 aromatic rings. The van der Waals surface area contributed by atoms with E-state index in [2.05, 4.69) is 15.4 Å². The molecule has 0 aliphatic heterocycles. The molecule has 10 heteroatoms. The van der Waals surface area contributed by atoms with Crippen molar-refractivity contribution in [2.24, 2.45) is 11.7 Å². The fraction of sp³-hybridized carbons (Fsp3) is 0.529. The Morgan fingerprint density at radius 1 is 1.26 bits per heavy atom. The van der Waals surface area contributed by atoms with Crippen molar-refractivity contribution in [3.8, 4) is 0 Å². The van der Waals surface area contributed by atoms with Gasteiger partial charge >= 0.3 is 0 Å². The van der Waals surface area contributed by atoms with E-state index in [9.17, 15) is 18.0 Å². The third kappa shape index (κ3) is 6.76. The Kier molecular flexibility index (Phi) is 8.22. The number of sulfonamides is 1. The van der Waals surface area contributed by atoms with Crippen LogP contribution in [0.4, 0.5) is 5.69 Å². The standard InChI is InChI=1S/C17H26N4O4S.ClH/c1-10(2)16(18)17(23)19-9-15(22)20-13-5-4-11(3)14(8-13)26(24,25)21-12-6-7-12;/h4-5,8,10,12,16,21H,6-7,9,18H2,1-3H3,(H,19,23)(H,20,22);1H/t16-;/m0./s1. The van der Waals surface area contributed by atoms with Crippen LogP contribution in [0.3, 0.4) is 0 Å². The average molecular weight is 419 g/mol. The summed E-state index contributed by atoms with van der Waals surface area (Å²) < 4.78 is 27.4. The van der Waals surface area contributed by atoms with E-state index in [1.54, 1.807) is 19.1 Å². The van der Waals surface area contributed by atoms with Crippen LogP contribution in [0.15, 0.2) is 23.1 Å². The second-order valence-corrected chi connectivity index (χ2v) is 8.59. The van der Waals surface area contributed by atoms with Crippen molar-refractivity contribution in [1.29, 1.82) is 0 Å². The molecular weight excluding hydrogens is 392 g/mol. The van der Waals surface area contributed by atoms with Gasteiger partial charge in [0.25, 0.3) is 0 Å². The Morgan fingerprint density at radius 2 is 1.89 bits per heavy atom. The molecule has 0 spiro atoms. The number of benzene rings is 1. The van der Waals surface area contributed by atoms with Crippen molar-refractivity contribution in [3.05, 3.63) is 23.8 Å². The summed E-state index contributed by atoms with van der Waals surface area (Å²) in [6, 6.07) is 3.97. The first-order chi connectivity index (χ1) is 12.1. The van der Waals surface area contributed by atoms with Crippen LogP contribution >= 0.6 is 12.4 Å². The predicted molar refractivity (Wildman–Crippen MR) is 106 cm³/mol. The molecule has 1 atom stereocenters. The molecule has 27 heavy (non-hydrogen) atoms. The number of nitrogens with one attached hydrogen (secondary N) is 3. The van der Waals surface area contributed by atoms with E-state index in [4.69, 9.17) is 5.73 Å². The smallest absolute Gasteiger partial charge is 0.243 e. The van der Waals surface area contributed by atoms with E-state index in [1.165, 1.54) is 6.07 Å². The molecule has 1 aliphatic rings. The van der Waals surface area contributed by atoms with Crippen LogP contribution in [-0.2, 0) is 19.6 Å². The number of amides is 2. The molecule has 0 heterocycles. The van der Waals surface area contributed by atoms with Crippen molar-refractivity contribution >= 4 is 39.9 Å². The van der Waals surface area contributed by atoms with Gasteiger partial charge in [0.15, 0.2) is 0 Å². The van der Waals surface area contributed by atoms with Crippen molar-refractivity contribution in [2.45, 2.75) is 50.6 Å². The largest absolute Gasteiger partial charge is 0.346 e. The molecule has 1 saturated carbocycles. The minimum absolute atomic E-state index is 0. The van der Waals surface area contributed by atoms with Crippen LogP contribution in [-0.4, -0.2) is 38.9 Å². The highest BCUT2D eigenvalue weighted by Crippen LogP contribution is 2.25. The van der Waals surface area contributed by atoms with Gasteiger partial charge in [-0.05, 0) is 43.4 Å². The second-order valence-electron chi connectivity index (χ2n) is 6.91. The Bertz CT molecular complexity index is 794. The van der Waals surface area contributed by atoms with Crippen molar-refractivity contribution < 1.29 is 18.0 Å². The SMILES string of the molecule is Cc1ccc(NC(=O)CNC(=O)[C@@H](N)C(C)C)cc1S(=O)(=O)NC1CC1.Cl. The molecule has 152 valence electrons. The summed E-state index contributed by atoms with van der Waals surface area (Å²) >= 11 is 0. The number of anilines is 1. The van der Waals surface area contributed by atoms with Gasteiger partial charge in [-0.1, -0.05) is 19.9 Å². The molecule has 1 fully saturated rings. The first-order valence-corrected chi connectivity index (χ1v) is 10.0. The maximum Gasteiger partial charge on any atom is 0.243 e. The van der Waals surface area contributed by atoms with Crippen LogP contribution in [0.5, 0.6) is 0 Å². The van der Waals surface area contributed by atoms with Crippen LogP contribution in [0.1, 0.15) is 32.3 Å². The lowest BCUT2D eigenvalue weighted by Gasteiger charge is -2.15.